The van der Waals surface area contributed by atoms with Gasteiger partial charge in [0.2, 0.25) is 0 Å². The van der Waals surface area contributed by atoms with Gasteiger partial charge >= 0.3 is 0 Å². The number of aromatic amines is 1. The first-order chi connectivity index (χ1) is 15.8. The third kappa shape index (κ3) is 3.54. The van der Waals surface area contributed by atoms with Crippen molar-refractivity contribution in [3.8, 4) is 11.1 Å². The summed E-state index contributed by atoms with van der Waals surface area (Å²) in [6.45, 7) is 11.3. The number of aromatic nitrogens is 2. The standard InChI is InChI=1S/C29H31N3O/c1-18-11-12-23(22-10-7-6-9-19(22)2)24(15-18)27(33)32-14-8-13-29(32,5)28-30-25-16-20(3)21(4)17-26(25)31-28/h6-7,9-12,15-17H,8,13-14H2,1-5H3,(H,30,31). The van der Waals surface area contributed by atoms with Gasteiger partial charge in [0, 0.05) is 12.1 Å². The second-order valence-corrected chi connectivity index (χ2v) is 9.74. The maximum absolute atomic E-state index is 14.1. The molecular weight excluding hydrogens is 406 g/mol. The van der Waals surface area contributed by atoms with Crippen molar-refractivity contribution in [2.75, 3.05) is 6.54 Å². The molecule has 1 atom stereocenters. The zero-order valence-corrected chi connectivity index (χ0v) is 20.1. The molecule has 1 saturated heterocycles. The van der Waals surface area contributed by atoms with Crippen LogP contribution in [0.15, 0.2) is 54.6 Å². The molecule has 0 bridgehead atoms. The molecule has 168 valence electrons. The summed E-state index contributed by atoms with van der Waals surface area (Å²) >= 11 is 0. The molecule has 1 amide bonds. The van der Waals surface area contributed by atoms with Crippen LogP contribution in [0.25, 0.3) is 22.2 Å². The van der Waals surface area contributed by atoms with Gasteiger partial charge < -0.3 is 9.88 Å². The van der Waals surface area contributed by atoms with Crippen LogP contribution in [0.4, 0.5) is 0 Å². The van der Waals surface area contributed by atoms with Gasteiger partial charge in [0.05, 0.1) is 16.6 Å². The number of likely N-dealkylation sites (tertiary alicyclic amines) is 1. The van der Waals surface area contributed by atoms with E-state index in [1.807, 2.05) is 30.0 Å². The van der Waals surface area contributed by atoms with Crippen molar-refractivity contribution in [3.05, 3.63) is 88.2 Å². The summed E-state index contributed by atoms with van der Waals surface area (Å²) in [6.07, 6.45) is 1.85. The number of hydrogen-bond donors (Lipinski definition) is 1. The highest BCUT2D eigenvalue weighted by Gasteiger charge is 2.44. The lowest BCUT2D eigenvalue weighted by atomic mass is 9.92. The average Bonchev–Trinajstić information content (AvgIpc) is 3.38. The zero-order chi connectivity index (χ0) is 23.3. The fourth-order valence-corrected chi connectivity index (χ4v) is 5.15. The monoisotopic (exact) mass is 437 g/mol. The van der Waals surface area contributed by atoms with E-state index in [1.165, 1.54) is 16.7 Å². The summed E-state index contributed by atoms with van der Waals surface area (Å²) in [5, 5.41) is 0. The number of imidazole rings is 1. The summed E-state index contributed by atoms with van der Waals surface area (Å²) in [7, 11) is 0. The van der Waals surface area contributed by atoms with E-state index in [2.05, 4.69) is 69.1 Å². The number of benzene rings is 3. The lowest BCUT2D eigenvalue weighted by Crippen LogP contribution is -2.43. The Morgan fingerprint density at radius 3 is 2.48 bits per heavy atom. The van der Waals surface area contributed by atoms with Gasteiger partial charge in [0.25, 0.3) is 5.91 Å². The molecule has 4 heteroatoms. The number of fused-ring (bicyclic) bond motifs is 1. The lowest BCUT2D eigenvalue weighted by molar-refractivity contribution is 0.0606. The number of carbonyl (C=O) groups excluding carboxylic acids is 1. The molecule has 1 aliphatic rings. The van der Waals surface area contributed by atoms with Gasteiger partial charge in [-0.25, -0.2) is 4.98 Å². The fraction of sp³-hybridized carbons (Fsp3) is 0.310. The Bertz CT molecular complexity index is 1340. The van der Waals surface area contributed by atoms with Crippen molar-refractivity contribution in [2.45, 2.75) is 53.0 Å². The smallest absolute Gasteiger partial charge is 0.255 e. The van der Waals surface area contributed by atoms with E-state index in [-0.39, 0.29) is 5.91 Å². The van der Waals surface area contributed by atoms with Crippen LogP contribution in [-0.4, -0.2) is 27.3 Å². The van der Waals surface area contributed by atoms with Crippen LogP contribution in [-0.2, 0) is 5.54 Å². The van der Waals surface area contributed by atoms with Gasteiger partial charge in [0.15, 0.2) is 0 Å². The van der Waals surface area contributed by atoms with Gasteiger partial charge in [-0.3, -0.25) is 4.79 Å². The molecule has 1 aliphatic heterocycles. The summed E-state index contributed by atoms with van der Waals surface area (Å²) in [5.74, 6) is 0.947. The summed E-state index contributed by atoms with van der Waals surface area (Å²) in [4.78, 5) is 24.6. The van der Waals surface area contributed by atoms with Crippen LogP contribution in [0.3, 0.4) is 0 Å². The van der Waals surface area contributed by atoms with Crippen LogP contribution >= 0.6 is 0 Å². The van der Waals surface area contributed by atoms with Crippen LogP contribution in [0.1, 0.15) is 58.2 Å². The molecular formula is C29H31N3O. The quantitative estimate of drug-likeness (QED) is 0.392. The van der Waals surface area contributed by atoms with Crippen molar-refractivity contribution in [1.29, 1.82) is 0 Å². The molecule has 3 aromatic carbocycles. The Labute approximate surface area is 195 Å². The lowest BCUT2D eigenvalue weighted by Gasteiger charge is -2.34. The first-order valence-corrected chi connectivity index (χ1v) is 11.7. The normalized spacial score (nSPS) is 18.3. The first kappa shape index (κ1) is 21.4. The molecule has 0 saturated carbocycles. The molecule has 1 unspecified atom stereocenters. The van der Waals surface area contributed by atoms with E-state index in [0.717, 1.165) is 58.5 Å². The molecule has 2 heterocycles. The second-order valence-electron chi connectivity index (χ2n) is 9.74. The van der Waals surface area contributed by atoms with E-state index >= 15 is 0 Å². The molecule has 4 nitrogen and oxygen atoms in total. The zero-order valence-electron chi connectivity index (χ0n) is 20.1. The van der Waals surface area contributed by atoms with Crippen molar-refractivity contribution < 1.29 is 4.79 Å². The van der Waals surface area contributed by atoms with E-state index < -0.39 is 5.54 Å². The summed E-state index contributed by atoms with van der Waals surface area (Å²) in [5.41, 5.74) is 9.12. The average molecular weight is 438 g/mol. The van der Waals surface area contributed by atoms with Gasteiger partial charge in [-0.2, -0.15) is 0 Å². The Balaban J connectivity index is 1.59. The molecule has 33 heavy (non-hydrogen) atoms. The Morgan fingerprint density at radius 2 is 1.70 bits per heavy atom. The fourth-order valence-electron chi connectivity index (χ4n) is 5.15. The number of nitrogens with one attached hydrogen (secondary N) is 1. The third-order valence-corrected chi connectivity index (χ3v) is 7.33. The molecule has 0 radical (unpaired) electrons. The number of aryl methyl sites for hydroxylation is 4. The van der Waals surface area contributed by atoms with Gasteiger partial charge in [-0.15, -0.1) is 0 Å². The topological polar surface area (TPSA) is 49.0 Å². The molecule has 1 fully saturated rings. The van der Waals surface area contributed by atoms with Crippen LogP contribution in [0, 0.1) is 27.7 Å². The number of H-pyrrole nitrogens is 1. The Hall–Kier alpha value is -3.40. The van der Waals surface area contributed by atoms with Gasteiger partial charge in [-0.05, 0) is 93.5 Å². The first-order valence-electron chi connectivity index (χ1n) is 11.7. The highest BCUT2D eigenvalue weighted by atomic mass is 16.2. The number of hydrogen-bond acceptors (Lipinski definition) is 2. The molecule has 0 aliphatic carbocycles. The predicted molar refractivity (Wildman–Crippen MR) is 135 cm³/mol. The number of rotatable bonds is 3. The molecule has 1 aromatic heterocycles. The summed E-state index contributed by atoms with van der Waals surface area (Å²) < 4.78 is 0. The highest BCUT2D eigenvalue weighted by molar-refractivity contribution is 6.02. The van der Waals surface area contributed by atoms with E-state index in [9.17, 15) is 4.79 Å². The minimum atomic E-state index is -0.468. The van der Waals surface area contributed by atoms with Crippen molar-refractivity contribution in [1.82, 2.24) is 14.9 Å². The van der Waals surface area contributed by atoms with E-state index in [4.69, 9.17) is 4.98 Å². The number of amides is 1. The van der Waals surface area contributed by atoms with Crippen molar-refractivity contribution in [3.63, 3.8) is 0 Å². The predicted octanol–water partition coefficient (Wildman–Crippen LogP) is 6.61. The SMILES string of the molecule is Cc1ccc(-c2ccccc2C)c(C(=O)N2CCCC2(C)c2nc3cc(C)c(C)cc3[nH]2)c1. The van der Waals surface area contributed by atoms with Crippen LogP contribution < -0.4 is 0 Å². The van der Waals surface area contributed by atoms with Crippen LogP contribution in [0.5, 0.6) is 0 Å². The molecule has 5 rings (SSSR count). The largest absolute Gasteiger partial charge is 0.340 e. The van der Waals surface area contributed by atoms with Crippen molar-refractivity contribution >= 4 is 16.9 Å². The third-order valence-electron chi connectivity index (χ3n) is 7.33. The highest BCUT2D eigenvalue weighted by Crippen LogP contribution is 2.40. The molecule has 0 spiro atoms. The summed E-state index contributed by atoms with van der Waals surface area (Å²) in [6, 6.07) is 18.8. The van der Waals surface area contributed by atoms with Gasteiger partial charge in [0.1, 0.15) is 5.82 Å². The van der Waals surface area contributed by atoms with Gasteiger partial charge in [-0.1, -0.05) is 42.0 Å². The minimum absolute atomic E-state index is 0.0739. The maximum atomic E-state index is 14.1. The molecule has 4 aromatic rings. The number of nitrogens with zero attached hydrogens (tertiary/aromatic N) is 2. The minimum Gasteiger partial charge on any atom is -0.340 e. The Kier molecular flexibility index (Phi) is 5.12. The van der Waals surface area contributed by atoms with E-state index in [0.29, 0.717) is 0 Å². The second kappa shape index (κ2) is 7.87. The van der Waals surface area contributed by atoms with Crippen molar-refractivity contribution in [2.24, 2.45) is 0 Å². The van der Waals surface area contributed by atoms with E-state index in [1.54, 1.807) is 0 Å². The number of carbonyl (C=O) groups is 1. The molecule has 1 N–H and O–H groups in total. The van der Waals surface area contributed by atoms with Crippen LogP contribution in [0.2, 0.25) is 0 Å². The Morgan fingerprint density at radius 1 is 0.939 bits per heavy atom. The maximum Gasteiger partial charge on any atom is 0.255 e.